The van der Waals surface area contributed by atoms with Gasteiger partial charge in [0.2, 0.25) is 0 Å². The van der Waals surface area contributed by atoms with Crippen molar-refractivity contribution in [3.05, 3.63) is 60.2 Å². The summed E-state index contributed by atoms with van der Waals surface area (Å²) >= 11 is 0. The number of rotatable bonds is 3. The standard InChI is InChI=1S/C16H15FN4O/c1-21(16(22)18-12-8-6-11(17)7-9-12)10-15-19-13-4-2-3-5-14(13)20-15/h2-9H,10H2,1H3,(H,18,22)(H,19,20). The van der Waals surface area contributed by atoms with Gasteiger partial charge in [0, 0.05) is 12.7 Å². The number of H-pyrrole nitrogens is 1. The molecule has 2 aromatic carbocycles. The zero-order valence-electron chi connectivity index (χ0n) is 12.0. The fourth-order valence-corrected chi connectivity index (χ4v) is 2.13. The lowest BCUT2D eigenvalue weighted by atomic mass is 10.3. The fourth-order valence-electron chi connectivity index (χ4n) is 2.13. The number of anilines is 1. The van der Waals surface area contributed by atoms with Crippen molar-refractivity contribution in [2.75, 3.05) is 12.4 Å². The van der Waals surface area contributed by atoms with Crippen LogP contribution in [0.15, 0.2) is 48.5 Å². The molecule has 2 amide bonds. The summed E-state index contributed by atoms with van der Waals surface area (Å²) in [5, 5.41) is 2.70. The molecule has 3 aromatic rings. The molecule has 0 fully saturated rings. The molecule has 3 rings (SSSR count). The molecule has 0 bridgehead atoms. The molecule has 2 N–H and O–H groups in total. The van der Waals surface area contributed by atoms with Gasteiger partial charge in [-0.25, -0.2) is 14.2 Å². The van der Waals surface area contributed by atoms with Crippen LogP contribution in [0.25, 0.3) is 11.0 Å². The van der Waals surface area contributed by atoms with Crippen molar-refractivity contribution in [1.29, 1.82) is 0 Å². The Bertz CT molecular complexity index is 764. The number of hydrogen-bond acceptors (Lipinski definition) is 2. The van der Waals surface area contributed by atoms with E-state index < -0.39 is 0 Å². The van der Waals surface area contributed by atoms with Crippen LogP contribution in [0, 0.1) is 5.82 Å². The third kappa shape index (κ3) is 3.06. The van der Waals surface area contributed by atoms with Crippen LogP contribution in [-0.4, -0.2) is 27.9 Å². The highest BCUT2D eigenvalue weighted by Gasteiger charge is 2.11. The van der Waals surface area contributed by atoms with Crippen molar-refractivity contribution >= 4 is 22.8 Å². The van der Waals surface area contributed by atoms with E-state index in [-0.39, 0.29) is 11.8 Å². The molecule has 0 aliphatic carbocycles. The largest absolute Gasteiger partial charge is 0.340 e. The lowest BCUT2D eigenvalue weighted by Gasteiger charge is -2.16. The minimum absolute atomic E-state index is 0.285. The summed E-state index contributed by atoms with van der Waals surface area (Å²) in [6, 6.07) is 13.0. The number of carbonyl (C=O) groups excluding carboxylic acids is 1. The molecule has 112 valence electrons. The van der Waals surface area contributed by atoms with Crippen LogP contribution in [0.5, 0.6) is 0 Å². The molecule has 6 heteroatoms. The maximum Gasteiger partial charge on any atom is 0.321 e. The summed E-state index contributed by atoms with van der Waals surface area (Å²) in [4.78, 5) is 21.2. The normalized spacial score (nSPS) is 10.6. The first kappa shape index (κ1) is 14.1. The zero-order valence-corrected chi connectivity index (χ0v) is 12.0. The van der Waals surface area contributed by atoms with Gasteiger partial charge in [0.1, 0.15) is 11.6 Å². The maximum absolute atomic E-state index is 12.8. The van der Waals surface area contributed by atoms with Crippen molar-refractivity contribution in [2.45, 2.75) is 6.54 Å². The van der Waals surface area contributed by atoms with Crippen LogP contribution in [0.3, 0.4) is 0 Å². The van der Waals surface area contributed by atoms with Crippen LogP contribution < -0.4 is 5.32 Å². The van der Waals surface area contributed by atoms with Gasteiger partial charge in [-0.2, -0.15) is 0 Å². The summed E-state index contributed by atoms with van der Waals surface area (Å²) in [6.45, 7) is 0.349. The van der Waals surface area contributed by atoms with Crippen LogP contribution in [0.4, 0.5) is 14.9 Å². The van der Waals surface area contributed by atoms with E-state index in [4.69, 9.17) is 0 Å². The maximum atomic E-state index is 12.8. The van der Waals surface area contributed by atoms with Gasteiger partial charge in [-0.15, -0.1) is 0 Å². The van der Waals surface area contributed by atoms with Crippen molar-refractivity contribution in [2.24, 2.45) is 0 Å². The Kier molecular flexibility index (Phi) is 3.74. The number of para-hydroxylation sites is 2. The second kappa shape index (κ2) is 5.85. The number of imidazole rings is 1. The molecule has 22 heavy (non-hydrogen) atoms. The molecule has 5 nitrogen and oxygen atoms in total. The van der Waals surface area contributed by atoms with E-state index in [1.807, 2.05) is 24.3 Å². The lowest BCUT2D eigenvalue weighted by molar-refractivity contribution is 0.219. The predicted octanol–water partition coefficient (Wildman–Crippen LogP) is 3.37. The Hall–Kier alpha value is -2.89. The Balaban J connectivity index is 1.66. The Labute approximate surface area is 126 Å². The molecule has 0 unspecified atom stereocenters. The zero-order chi connectivity index (χ0) is 15.5. The molecule has 0 spiro atoms. The van der Waals surface area contributed by atoms with Gasteiger partial charge in [-0.05, 0) is 36.4 Å². The van der Waals surface area contributed by atoms with Crippen LogP contribution >= 0.6 is 0 Å². The number of nitrogens with one attached hydrogen (secondary N) is 2. The SMILES string of the molecule is CN(Cc1nc2ccccc2[nH]1)C(=O)Nc1ccc(F)cc1. The number of aromatic nitrogens is 2. The Morgan fingerprint density at radius 2 is 1.95 bits per heavy atom. The van der Waals surface area contributed by atoms with E-state index in [0.717, 1.165) is 11.0 Å². The van der Waals surface area contributed by atoms with Gasteiger partial charge in [-0.1, -0.05) is 12.1 Å². The lowest BCUT2D eigenvalue weighted by Crippen LogP contribution is -2.31. The minimum Gasteiger partial charge on any atom is -0.340 e. The van der Waals surface area contributed by atoms with Gasteiger partial charge < -0.3 is 15.2 Å². The second-order valence-electron chi connectivity index (χ2n) is 4.99. The van der Waals surface area contributed by atoms with E-state index in [2.05, 4.69) is 15.3 Å². The molecule has 0 atom stereocenters. The van der Waals surface area contributed by atoms with Gasteiger partial charge in [0.15, 0.2) is 0 Å². The quantitative estimate of drug-likeness (QED) is 0.779. The third-order valence-corrected chi connectivity index (χ3v) is 3.27. The number of aromatic amines is 1. The van der Waals surface area contributed by atoms with Crippen LogP contribution in [-0.2, 0) is 6.54 Å². The van der Waals surface area contributed by atoms with Gasteiger partial charge in [-0.3, -0.25) is 0 Å². The van der Waals surface area contributed by atoms with E-state index in [1.54, 1.807) is 7.05 Å². The molecule has 0 radical (unpaired) electrons. The first-order chi connectivity index (χ1) is 10.6. The van der Waals surface area contributed by atoms with Crippen molar-refractivity contribution in [1.82, 2.24) is 14.9 Å². The topological polar surface area (TPSA) is 61.0 Å². The Morgan fingerprint density at radius 3 is 2.68 bits per heavy atom. The van der Waals surface area contributed by atoms with E-state index in [0.29, 0.717) is 18.1 Å². The molecule has 0 saturated carbocycles. The number of amides is 2. The predicted molar refractivity (Wildman–Crippen MR) is 83.0 cm³/mol. The fraction of sp³-hybridized carbons (Fsp3) is 0.125. The number of nitrogens with zero attached hydrogens (tertiary/aromatic N) is 2. The first-order valence-corrected chi connectivity index (χ1v) is 6.83. The summed E-state index contributed by atoms with van der Waals surface area (Å²) in [6.07, 6.45) is 0. The molecule has 0 aliphatic rings. The number of fused-ring (bicyclic) bond motifs is 1. The van der Waals surface area contributed by atoms with Gasteiger partial charge >= 0.3 is 6.03 Å². The number of halogens is 1. The number of benzene rings is 2. The van der Waals surface area contributed by atoms with Crippen molar-refractivity contribution in [3.63, 3.8) is 0 Å². The minimum atomic E-state index is -0.339. The van der Waals surface area contributed by atoms with Gasteiger partial charge in [0.05, 0.1) is 17.6 Å². The average molecular weight is 298 g/mol. The van der Waals surface area contributed by atoms with E-state index in [9.17, 15) is 9.18 Å². The number of urea groups is 1. The highest BCUT2D eigenvalue weighted by Crippen LogP contribution is 2.13. The smallest absolute Gasteiger partial charge is 0.321 e. The van der Waals surface area contributed by atoms with Crippen molar-refractivity contribution in [3.8, 4) is 0 Å². The van der Waals surface area contributed by atoms with Crippen LogP contribution in [0.2, 0.25) is 0 Å². The molecular weight excluding hydrogens is 283 g/mol. The molecule has 0 saturated heterocycles. The summed E-state index contributed by atoms with van der Waals surface area (Å²) in [5.74, 6) is 0.367. The average Bonchev–Trinajstić information content (AvgIpc) is 2.91. The second-order valence-corrected chi connectivity index (χ2v) is 4.99. The van der Waals surface area contributed by atoms with E-state index >= 15 is 0 Å². The highest BCUT2D eigenvalue weighted by atomic mass is 19.1. The monoisotopic (exact) mass is 298 g/mol. The third-order valence-electron chi connectivity index (χ3n) is 3.27. The number of carbonyl (C=O) groups is 1. The molecular formula is C16H15FN4O. The van der Waals surface area contributed by atoms with Crippen molar-refractivity contribution < 1.29 is 9.18 Å². The molecule has 1 aromatic heterocycles. The summed E-state index contributed by atoms with van der Waals surface area (Å²) < 4.78 is 12.8. The summed E-state index contributed by atoms with van der Waals surface area (Å²) in [5.41, 5.74) is 2.34. The Morgan fingerprint density at radius 1 is 1.23 bits per heavy atom. The van der Waals surface area contributed by atoms with Crippen LogP contribution in [0.1, 0.15) is 5.82 Å². The molecule has 0 aliphatic heterocycles. The highest BCUT2D eigenvalue weighted by molar-refractivity contribution is 5.89. The van der Waals surface area contributed by atoms with E-state index in [1.165, 1.54) is 29.2 Å². The first-order valence-electron chi connectivity index (χ1n) is 6.83. The summed E-state index contributed by atoms with van der Waals surface area (Å²) in [7, 11) is 1.67. The number of hydrogen-bond donors (Lipinski definition) is 2. The molecule has 1 heterocycles. The van der Waals surface area contributed by atoms with Gasteiger partial charge in [0.25, 0.3) is 0 Å².